The van der Waals surface area contributed by atoms with Crippen LogP contribution in [-0.4, -0.2) is 26.9 Å². The largest absolute Gasteiger partial charge is 0.328 e. The Hall–Kier alpha value is -4.03. The van der Waals surface area contributed by atoms with E-state index < -0.39 is 6.04 Å². The summed E-state index contributed by atoms with van der Waals surface area (Å²) in [4.78, 5) is 34.7. The Balaban J connectivity index is 1.65. The van der Waals surface area contributed by atoms with Crippen LogP contribution in [0, 0.1) is 0 Å². The molecule has 39 heavy (non-hydrogen) atoms. The summed E-state index contributed by atoms with van der Waals surface area (Å²) in [7, 11) is 0. The second kappa shape index (κ2) is 11.8. The number of fused-ring (bicyclic) bond motifs is 1. The number of rotatable bonds is 8. The molecule has 1 unspecified atom stereocenters. The molecule has 5 nitrogen and oxygen atoms in total. The lowest BCUT2D eigenvalue weighted by Gasteiger charge is -2.31. The zero-order valence-corrected chi connectivity index (χ0v) is 23.6. The molecule has 0 radical (unpaired) electrons. The molecule has 0 fully saturated rings. The molecule has 1 atom stereocenters. The van der Waals surface area contributed by atoms with E-state index in [9.17, 15) is 9.59 Å². The van der Waals surface area contributed by atoms with Crippen LogP contribution < -0.4 is 5.56 Å². The van der Waals surface area contributed by atoms with Gasteiger partial charge in [0.25, 0.3) is 11.5 Å². The van der Waals surface area contributed by atoms with Crippen LogP contribution in [0.25, 0.3) is 16.6 Å². The zero-order valence-electron chi connectivity index (χ0n) is 22.0. The molecule has 4 aromatic carbocycles. The monoisotopic (exact) mass is 579 g/mol. The molecule has 0 aliphatic heterocycles. The quantitative estimate of drug-likeness (QED) is 0.196. The van der Waals surface area contributed by atoms with Crippen molar-refractivity contribution < 1.29 is 4.79 Å². The van der Waals surface area contributed by atoms with Crippen molar-refractivity contribution in [2.45, 2.75) is 32.7 Å². The topological polar surface area (TPSA) is 55.2 Å². The second-order valence-corrected chi connectivity index (χ2v) is 10.5. The minimum atomic E-state index is -0.483. The second-order valence-electron chi connectivity index (χ2n) is 9.57. The number of hydrogen-bond acceptors (Lipinski definition) is 3. The first kappa shape index (κ1) is 26.6. The van der Waals surface area contributed by atoms with E-state index in [4.69, 9.17) is 4.98 Å². The van der Waals surface area contributed by atoms with Crippen LogP contribution in [0.2, 0.25) is 0 Å². The van der Waals surface area contributed by atoms with Crippen molar-refractivity contribution in [3.8, 4) is 5.69 Å². The zero-order chi connectivity index (χ0) is 27.4. The van der Waals surface area contributed by atoms with Gasteiger partial charge in [-0.05, 0) is 73.4 Å². The lowest BCUT2D eigenvalue weighted by atomic mass is 10.1. The number of para-hydroxylation sites is 1. The van der Waals surface area contributed by atoms with Crippen LogP contribution in [0.4, 0.5) is 0 Å². The average molecular weight is 581 g/mol. The molecular weight excluding hydrogens is 550 g/mol. The van der Waals surface area contributed by atoms with Crippen molar-refractivity contribution in [2.75, 3.05) is 6.54 Å². The van der Waals surface area contributed by atoms with Gasteiger partial charge in [-0.2, -0.15) is 0 Å². The molecule has 0 saturated carbocycles. The molecule has 5 aromatic rings. The number of benzene rings is 4. The van der Waals surface area contributed by atoms with Crippen molar-refractivity contribution in [3.63, 3.8) is 0 Å². The van der Waals surface area contributed by atoms with Crippen LogP contribution in [-0.2, 0) is 12.8 Å². The maximum atomic E-state index is 14.0. The van der Waals surface area contributed by atoms with Crippen LogP contribution in [0.1, 0.15) is 47.2 Å². The summed E-state index contributed by atoms with van der Waals surface area (Å²) in [5.74, 6) is 0.411. The van der Waals surface area contributed by atoms with Crippen LogP contribution >= 0.6 is 15.9 Å². The summed E-state index contributed by atoms with van der Waals surface area (Å²) in [5.41, 5.74) is 4.09. The Labute approximate surface area is 236 Å². The molecule has 0 saturated heterocycles. The van der Waals surface area contributed by atoms with Gasteiger partial charge in [-0.1, -0.05) is 83.5 Å². The predicted octanol–water partition coefficient (Wildman–Crippen LogP) is 7.16. The van der Waals surface area contributed by atoms with Gasteiger partial charge in [0.1, 0.15) is 5.82 Å². The molecule has 5 rings (SSSR count). The number of halogens is 1. The van der Waals surface area contributed by atoms with Crippen molar-refractivity contribution in [1.29, 1.82) is 0 Å². The van der Waals surface area contributed by atoms with Gasteiger partial charge < -0.3 is 4.90 Å². The molecule has 0 bridgehead atoms. The highest BCUT2D eigenvalue weighted by atomic mass is 79.9. The van der Waals surface area contributed by atoms with E-state index in [1.807, 2.05) is 96.8 Å². The number of carbonyl (C=O) groups excluding carboxylic acids is 1. The minimum absolute atomic E-state index is 0.116. The van der Waals surface area contributed by atoms with E-state index in [1.54, 1.807) is 10.6 Å². The highest BCUT2D eigenvalue weighted by Crippen LogP contribution is 2.26. The summed E-state index contributed by atoms with van der Waals surface area (Å²) < 4.78 is 2.50. The van der Waals surface area contributed by atoms with Gasteiger partial charge in [0, 0.05) is 16.6 Å². The molecular formula is C33H30BrN3O2. The fraction of sp³-hybridized carbons (Fsp3) is 0.182. The number of carbonyl (C=O) groups is 1. The van der Waals surface area contributed by atoms with Gasteiger partial charge in [-0.25, -0.2) is 4.98 Å². The first-order valence-electron chi connectivity index (χ1n) is 13.2. The van der Waals surface area contributed by atoms with E-state index in [0.717, 1.165) is 22.1 Å². The maximum Gasteiger partial charge on any atom is 0.266 e. The summed E-state index contributed by atoms with van der Waals surface area (Å²) >= 11 is 3.50. The molecule has 1 amide bonds. The van der Waals surface area contributed by atoms with Crippen molar-refractivity contribution in [3.05, 3.63) is 140 Å². The lowest BCUT2D eigenvalue weighted by molar-refractivity contribution is 0.0683. The Morgan fingerprint density at radius 2 is 1.62 bits per heavy atom. The number of nitrogens with zero attached hydrogens (tertiary/aromatic N) is 3. The molecule has 6 heteroatoms. The van der Waals surface area contributed by atoms with Crippen LogP contribution in [0.5, 0.6) is 0 Å². The highest BCUT2D eigenvalue weighted by Gasteiger charge is 2.27. The van der Waals surface area contributed by atoms with Gasteiger partial charge >= 0.3 is 0 Å². The smallest absolute Gasteiger partial charge is 0.266 e. The predicted molar refractivity (Wildman–Crippen MR) is 160 cm³/mol. The Morgan fingerprint density at radius 3 is 2.33 bits per heavy atom. The SMILES string of the molecule is CCc1ccc(-n2c(C(C)N(CCc3ccccc3)C(=O)c3cccc(Br)c3)nc3ccccc3c2=O)cc1. The molecule has 1 aromatic heterocycles. The third kappa shape index (κ3) is 5.71. The van der Waals surface area contributed by atoms with Gasteiger partial charge in [0.2, 0.25) is 0 Å². The van der Waals surface area contributed by atoms with E-state index in [0.29, 0.717) is 35.3 Å². The highest BCUT2D eigenvalue weighted by molar-refractivity contribution is 9.10. The molecule has 196 valence electrons. The van der Waals surface area contributed by atoms with Gasteiger partial charge in [-0.3, -0.25) is 14.2 Å². The van der Waals surface area contributed by atoms with Gasteiger partial charge in [0.05, 0.1) is 22.6 Å². The first-order valence-corrected chi connectivity index (χ1v) is 14.0. The third-order valence-corrected chi connectivity index (χ3v) is 7.56. The summed E-state index contributed by atoms with van der Waals surface area (Å²) in [5, 5.41) is 0.544. The summed E-state index contributed by atoms with van der Waals surface area (Å²) in [6.07, 6.45) is 1.58. The molecule has 0 aliphatic carbocycles. The minimum Gasteiger partial charge on any atom is -0.328 e. The van der Waals surface area contributed by atoms with Gasteiger partial charge in [0.15, 0.2) is 0 Å². The Bertz CT molecular complexity index is 1660. The number of aromatic nitrogens is 2. The Morgan fingerprint density at radius 1 is 0.897 bits per heavy atom. The Kier molecular flexibility index (Phi) is 8.03. The molecule has 0 aliphatic rings. The number of hydrogen-bond donors (Lipinski definition) is 0. The van der Waals surface area contributed by atoms with Crippen molar-refractivity contribution >= 4 is 32.7 Å². The van der Waals surface area contributed by atoms with Gasteiger partial charge in [-0.15, -0.1) is 0 Å². The lowest BCUT2D eigenvalue weighted by Crippen LogP contribution is -2.38. The standard InChI is InChI=1S/C33H30BrN3O2/c1-3-24-16-18-28(19-17-24)37-31(35-30-15-8-7-14-29(30)33(37)39)23(2)36(21-20-25-10-5-4-6-11-25)32(38)26-12-9-13-27(34)22-26/h4-19,22-23H,3,20-21H2,1-2H3. The normalized spacial score (nSPS) is 11.9. The van der Waals surface area contributed by atoms with E-state index in [-0.39, 0.29) is 11.5 Å². The third-order valence-electron chi connectivity index (χ3n) is 7.06. The van der Waals surface area contributed by atoms with Crippen molar-refractivity contribution in [2.24, 2.45) is 0 Å². The molecule has 0 N–H and O–H groups in total. The van der Waals surface area contributed by atoms with Crippen LogP contribution in [0.3, 0.4) is 0 Å². The molecule has 1 heterocycles. The fourth-order valence-electron chi connectivity index (χ4n) is 4.85. The maximum absolute atomic E-state index is 14.0. The number of aryl methyl sites for hydroxylation is 1. The van der Waals surface area contributed by atoms with Crippen molar-refractivity contribution in [1.82, 2.24) is 14.5 Å². The van der Waals surface area contributed by atoms with E-state index in [1.165, 1.54) is 5.56 Å². The molecule has 0 spiro atoms. The summed E-state index contributed by atoms with van der Waals surface area (Å²) in [6.45, 7) is 4.52. The van der Waals surface area contributed by atoms with Crippen LogP contribution in [0.15, 0.2) is 112 Å². The van der Waals surface area contributed by atoms with E-state index in [2.05, 4.69) is 35.0 Å². The van der Waals surface area contributed by atoms with E-state index >= 15 is 0 Å². The number of amides is 1. The average Bonchev–Trinajstić information content (AvgIpc) is 2.97. The fourth-order valence-corrected chi connectivity index (χ4v) is 5.25. The summed E-state index contributed by atoms with van der Waals surface area (Å²) in [6, 6.07) is 32.4. The first-order chi connectivity index (χ1) is 19.0.